The van der Waals surface area contributed by atoms with Crippen molar-refractivity contribution in [2.45, 2.75) is 51.4 Å². The van der Waals surface area contributed by atoms with Crippen LogP contribution < -0.4 is 0 Å². The van der Waals surface area contributed by atoms with Crippen molar-refractivity contribution < 1.29 is 9.84 Å². The molecule has 2 fully saturated rings. The molecule has 0 unspecified atom stereocenters. The first-order chi connectivity index (χ1) is 8.33. The summed E-state index contributed by atoms with van der Waals surface area (Å²) < 4.78 is 5.26. The van der Waals surface area contributed by atoms with E-state index < -0.39 is 0 Å². The van der Waals surface area contributed by atoms with Gasteiger partial charge in [-0.05, 0) is 75.0 Å². The maximum atomic E-state index is 9.17. The third-order valence-electron chi connectivity index (χ3n) is 5.11. The van der Waals surface area contributed by atoms with Gasteiger partial charge in [0, 0.05) is 20.3 Å². The number of hydrogen-bond acceptors (Lipinski definition) is 2. The van der Waals surface area contributed by atoms with Crippen LogP contribution in [-0.2, 0) is 4.74 Å². The van der Waals surface area contributed by atoms with Gasteiger partial charge in [0.15, 0.2) is 0 Å². The molecule has 17 heavy (non-hydrogen) atoms. The van der Waals surface area contributed by atoms with Crippen molar-refractivity contribution in [3.63, 3.8) is 0 Å². The topological polar surface area (TPSA) is 29.5 Å². The Labute approximate surface area is 106 Å². The maximum Gasteiger partial charge on any atom is 0.0490 e. The average molecular weight is 240 g/mol. The first-order valence-corrected chi connectivity index (χ1v) is 7.43. The van der Waals surface area contributed by atoms with Crippen molar-refractivity contribution in [3.8, 4) is 0 Å². The fourth-order valence-electron chi connectivity index (χ4n) is 3.90. The molecule has 2 aliphatic carbocycles. The van der Waals surface area contributed by atoms with Gasteiger partial charge in [0.05, 0.1) is 0 Å². The predicted octanol–water partition coefficient (Wildman–Crippen LogP) is 3.24. The van der Waals surface area contributed by atoms with Gasteiger partial charge in [-0.15, -0.1) is 0 Å². The lowest BCUT2D eigenvalue weighted by molar-refractivity contribution is 0.0858. The van der Waals surface area contributed by atoms with Gasteiger partial charge < -0.3 is 9.84 Å². The lowest BCUT2D eigenvalue weighted by Crippen LogP contribution is -2.27. The minimum Gasteiger partial charge on any atom is -0.396 e. The third-order valence-corrected chi connectivity index (χ3v) is 5.11. The van der Waals surface area contributed by atoms with Crippen LogP contribution in [0.1, 0.15) is 51.4 Å². The van der Waals surface area contributed by atoms with Crippen molar-refractivity contribution in [2.24, 2.45) is 23.7 Å². The zero-order valence-corrected chi connectivity index (χ0v) is 11.2. The Morgan fingerprint density at radius 3 is 1.71 bits per heavy atom. The summed E-state index contributed by atoms with van der Waals surface area (Å²) in [5.41, 5.74) is 0. The molecule has 2 rings (SSSR count). The molecule has 2 heteroatoms. The van der Waals surface area contributed by atoms with Crippen LogP contribution in [0.2, 0.25) is 0 Å². The SMILES string of the molecule is COC[C@H]1CC[C@H](C2CCC(CO)CC2)CC1. The van der Waals surface area contributed by atoms with Gasteiger partial charge in [0.25, 0.3) is 0 Å². The molecule has 2 nitrogen and oxygen atoms in total. The van der Waals surface area contributed by atoms with Gasteiger partial charge in [-0.2, -0.15) is 0 Å². The summed E-state index contributed by atoms with van der Waals surface area (Å²) in [5.74, 6) is 3.37. The van der Waals surface area contributed by atoms with Crippen LogP contribution in [0.3, 0.4) is 0 Å². The fraction of sp³-hybridized carbons (Fsp3) is 1.00. The molecule has 0 atom stereocenters. The molecule has 0 aliphatic heterocycles. The normalized spacial score (nSPS) is 39.2. The lowest BCUT2D eigenvalue weighted by atomic mass is 9.69. The van der Waals surface area contributed by atoms with Crippen LogP contribution in [-0.4, -0.2) is 25.4 Å². The Morgan fingerprint density at radius 1 is 0.824 bits per heavy atom. The smallest absolute Gasteiger partial charge is 0.0490 e. The molecule has 0 radical (unpaired) electrons. The van der Waals surface area contributed by atoms with E-state index in [9.17, 15) is 0 Å². The van der Waals surface area contributed by atoms with E-state index in [1.807, 2.05) is 7.11 Å². The van der Waals surface area contributed by atoms with E-state index in [0.717, 1.165) is 24.4 Å². The van der Waals surface area contributed by atoms with E-state index in [0.29, 0.717) is 12.5 Å². The fourth-order valence-corrected chi connectivity index (χ4v) is 3.90. The van der Waals surface area contributed by atoms with Crippen molar-refractivity contribution >= 4 is 0 Å². The molecule has 0 spiro atoms. The lowest BCUT2D eigenvalue weighted by Gasteiger charge is -2.37. The van der Waals surface area contributed by atoms with E-state index in [1.165, 1.54) is 51.4 Å². The Bertz CT molecular complexity index is 201. The molecule has 0 aromatic heterocycles. The molecule has 100 valence electrons. The first-order valence-electron chi connectivity index (χ1n) is 7.43. The second-order valence-corrected chi connectivity index (χ2v) is 6.20. The maximum absolute atomic E-state index is 9.17. The largest absolute Gasteiger partial charge is 0.396 e. The highest BCUT2D eigenvalue weighted by Crippen LogP contribution is 2.41. The van der Waals surface area contributed by atoms with E-state index in [4.69, 9.17) is 9.84 Å². The number of methoxy groups -OCH3 is 1. The molecule has 0 bridgehead atoms. The molecule has 0 amide bonds. The van der Waals surface area contributed by atoms with E-state index in [-0.39, 0.29) is 0 Å². The molecule has 0 aromatic rings. The molecule has 0 heterocycles. The van der Waals surface area contributed by atoms with E-state index in [1.54, 1.807) is 0 Å². The second-order valence-electron chi connectivity index (χ2n) is 6.20. The minimum atomic E-state index is 0.410. The van der Waals surface area contributed by atoms with Gasteiger partial charge in [-0.25, -0.2) is 0 Å². The Balaban J connectivity index is 1.70. The number of rotatable bonds is 4. The highest BCUT2D eigenvalue weighted by molar-refractivity contribution is 4.81. The van der Waals surface area contributed by atoms with Crippen LogP contribution in [0.4, 0.5) is 0 Å². The number of ether oxygens (including phenoxy) is 1. The Kier molecular flexibility index (Phi) is 5.30. The van der Waals surface area contributed by atoms with Gasteiger partial charge in [0.2, 0.25) is 0 Å². The zero-order chi connectivity index (χ0) is 12.1. The predicted molar refractivity (Wildman–Crippen MR) is 69.9 cm³/mol. The Morgan fingerprint density at radius 2 is 1.29 bits per heavy atom. The quantitative estimate of drug-likeness (QED) is 0.817. The highest BCUT2D eigenvalue weighted by atomic mass is 16.5. The monoisotopic (exact) mass is 240 g/mol. The van der Waals surface area contributed by atoms with Crippen LogP contribution in [0.15, 0.2) is 0 Å². The summed E-state index contributed by atoms with van der Waals surface area (Å²) in [6.07, 6.45) is 10.8. The molecule has 1 N–H and O–H groups in total. The molecule has 0 saturated heterocycles. The number of hydrogen-bond donors (Lipinski definition) is 1. The molecule has 2 aliphatic rings. The number of aliphatic hydroxyl groups excluding tert-OH is 1. The van der Waals surface area contributed by atoms with Gasteiger partial charge in [0.1, 0.15) is 0 Å². The minimum absolute atomic E-state index is 0.410. The molecular formula is C15H28O2. The van der Waals surface area contributed by atoms with Crippen molar-refractivity contribution in [1.82, 2.24) is 0 Å². The molecular weight excluding hydrogens is 212 g/mol. The van der Waals surface area contributed by atoms with Crippen LogP contribution >= 0.6 is 0 Å². The van der Waals surface area contributed by atoms with Crippen molar-refractivity contribution in [3.05, 3.63) is 0 Å². The van der Waals surface area contributed by atoms with Crippen molar-refractivity contribution in [1.29, 1.82) is 0 Å². The highest BCUT2D eigenvalue weighted by Gasteiger charge is 2.30. The summed E-state index contributed by atoms with van der Waals surface area (Å²) in [4.78, 5) is 0. The summed E-state index contributed by atoms with van der Waals surface area (Å²) in [6.45, 7) is 1.37. The third kappa shape index (κ3) is 3.69. The summed E-state index contributed by atoms with van der Waals surface area (Å²) >= 11 is 0. The molecule has 0 aromatic carbocycles. The van der Waals surface area contributed by atoms with Crippen LogP contribution in [0.5, 0.6) is 0 Å². The van der Waals surface area contributed by atoms with Gasteiger partial charge in [-0.1, -0.05) is 0 Å². The summed E-state index contributed by atoms with van der Waals surface area (Å²) in [7, 11) is 1.82. The second kappa shape index (κ2) is 6.75. The molecule has 2 saturated carbocycles. The van der Waals surface area contributed by atoms with Crippen LogP contribution in [0, 0.1) is 23.7 Å². The number of aliphatic hydroxyl groups is 1. The van der Waals surface area contributed by atoms with Crippen molar-refractivity contribution in [2.75, 3.05) is 20.3 Å². The van der Waals surface area contributed by atoms with Crippen LogP contribution in [0.25, 0.3) is 0 Å². The Hall–Kier alpha value is -0.0800. The summed E-state index contributed by atoms with van der Waals surface area (Å²) in [5, 5.41) is 9.17. The van der Waals surface area contributed by atoms with E-state index >= 15 is 0 Å². The average Bonchev–Trinajstić information content (AvgIpc) is 2.40. The standard InChI is InChI=1S/C15H28O2/c1-17-11-13-4-8-15(9-5-13)14-6-2-12(10-16)3-7-14/h12-16H,2-11H2,1H3/t12?,13-,14?,15-. The van der Waals surface area contributed by atoms with Gasteiger partial charge in [-0.3, -0.25) is 0 Å². The zero-order valence-electron chi connectivity index (χ0n) is 11.2. The first kappa shape index (κ1) is 13.4. The van der Waals surface area contributed by atoms with Gasteiger partial charge >= 0.3 is 0 Å². The van der Waals surface area contributed by atoms with E-state index in [2.05, 4.69) is 0 Å². The summed E-state index contributed by atoms with van der Waals surface area (Å²) in [6, 6.07) is 0.